The molecule has 4 rings (SSSR count). The minimum Gasteiger partial charge on any atom is -0.395 e. The zero-order chi connectivity index (χ0) is 22.0. The average molecular weight is 425 g/mol. The molecule has 31 heavy (non-hydrogen) atoms. The van der Waals surface area contributed by atoms with Gasteiger partial charge in [-0.2, -0.15) is 0 Å². The second kappa shape index (κ2) is 9.08. The molecule has 0 spiro atoms. The topological polar surface area (TPSA) is 71.6 Å². The van der Waals surface area contributed by atoms with Crippen LogP contribution in [-0.4, -0.2) is 65.1 Å². The van der Waals surface area contributed by atoms with Gasteiger partial charge in [0.1, 0.15) is 5.82 Å². The third kappa shape index (κ3) is 4.73. The van der Waals surface area contributed by atoms with Gasteiger partial charge in [-0.15, -0.1) is 0 Å². The van der Waals surface area contributed by atoms with Crippen molar-refractivity contribution in [1.29, 1.82) is 0 Å². The van der Waals surface area contributed by atoms with Gasteiger partial charge in [0.2, 0.25) is 0 Å². The fraction of sp³-hybridized carbons (Fsp3) is 0.375. The number of aliphatic hydroxyl groups is 1. The number of amides is 1. The van der Waals surface area contributed by atoms with Crippen LogP contribution in [0.1, 0.15) is 27.2 Å². The average Bonchev–Trinajstić information content (AvgIpc) is 3.13. The molecule has 2 heterocycles. The van der Waals surface area contributed by atoms with E-state index in [4.69, 9.17) is 5.11 Å². The van der Waals surface area contributed by atoms with Crippen molar-refractivity contribution >= 4 is 22.5 Å². The second-order valence-corrected chi connectivity index (χ2v) is 8.22. The van der Waals surface area contributed by atoms with E-state index in [2.05, 4.69) is 15.2 Å². The summed E-state index contributed by atoms with van der Waals surface area (Å²) in [7, 11) is 0. The predicted octanol–water partition coefficient (Wildman–Crippen LogP) is 3.29. The van der Waals surface area contributed by atoms with Crippen molar-refractivity contribution in [1.82, 2.24) is 14.8 Å². The first-order valence-corrected chi connectivity index (χ1v) is 10.7. The van der Waals surface area contributed by atoms with Crippen molar-refractivity contribution < 1.29 is 14.3 Å². The molecular formula is C24H29FN4O2. The summed E-state index contributed by atoms with van der Waals surface area (Å²) < 4.78 is 13.4. The van der Waals surface area contributed by atoms with Crippen molar-refractivity contribution in [2.24, 2.45) is 0 Å². The number of piperazine rings is 1. The summed E-state index contributed by atoms with van der Waals surface area (Å²) >= 11 is 0. The maximum absolute atomic E-state index is 13.4. The number of aromatic amines is 1. The van der Waals surface area contributed by atoms with E-state index in [1.165, 1.54) is 12.1 Å². The van der Waals surface area contributed by atoms with Gasteiger partial charge in [-0.1, -0.05) is 6.07 Å². The van der Waals surface area contributed by atoms with Crippen LogP contribution in [-0.2, 0) is 6.54 Å². The number of aryl methyl sites for hydroxylation is 2. The smallest absolute Gasteiger partial charge is 0.254 e. The molecule has 0 saturated carbocycles. The Hall–Kier alpha value is -2.90. The summed E-state index contributed by atoms with van der Waals surface area (Å²) in [6, 6.07) is 10.7. The van der Waals surface area contributed by atoms with Crippen LogP contribution in [0.3, 0.4) is 0 Å². The first-order valence-electron chi connectivity index (χ1n) is 10.7. The van der Waals surface area contributed by atoms with Gasteiger partial charge in [0.05, 0.1) is 17.8 Å². The molecule has 1 aliphatic heterocycles. The largest absolute Gasteiger partial charge is 0.395 e. The summed E-state index contributed by atoms with van der Waals surface area (Å²) in [5, 5.41) is 13.5. The fourth-order valence-corrected chi connectivity index (χ4v) is 4.19. The van der Waals surface area contributed by atoms with Crippen LogP contribution in [0.5, 0.6) is 0 Å². The van der Waals surface area contributed by atoms with Crippen LogP contribution in [0.2, 0.25) is 0 Å². The molecule has 1 aromatic heterocycles. The summed E-state index contributed by atoms with van der Waals surface area (Å²) in [6.07, 6.45) is 0. The maximum Gasteiger partial charge on any atom is 0.254 e. The number of rotatable bonds is 6. The van der Waals surface area contributed by atoms with E-state index in [1.807, 2.05) is 36.9 Å². The van der Waals surface area contributed by atoms with Crippen molar-refractivity contribution in [2.75, 3.05) is 44.6 Å². The van der Waals surface area contributed by atoms with Gasteiger partial charge in [0.25, 0.3) is 5.91 Å². The summed E-state index contributed by atoms with van der Waals surface area (Å²) in [6.45, 7) is 8.06. The highest BCUT2D eigenvalue weighted by molar-refractivity contribution is 6.02. The number of hydrogen-bond donors (Lipinski definition) is 3. The van der Waals surface area contributed by atoms with Crippen LogP contribution in [0.4, 0.5) is 10.1 Å². The Morgan fingerprint density at radius 3 is 2.61 bits per heavy atom. The fourth-order valence-electron chi connectivity index (χ4n) is 4.19. The minimum atomic E-state index is -0.240. The zero-order valence-corrected chi connectivity index (χ0v) is 18.0. The molecule has 3 aromatic rings. The van der Waals surface area contributed by atoms with Gasteiger partial charge >= 0.3 is 0 Å². The third-order valence-electron chi connectivity index (χ3n) is 5.96. The Kier molecular flexibility index (Phi) is 6.25. The molecule has 7 heteroatoms. The Labute approximate surface area is 181 Å². The summed E-state index contributed by atoms with van der Waals surface area (Å²) in [4.78, 5) is 20.6. The zero-order valence-electron chi connectivity index (χ0n) is 18.0. The molecule has 164 valence electrons. The lowest BCUT2D eigenvalue weighted by Gasteiger charge is -2.34. The van der Waals surface area contributed by atoms with Crippen molar-refractivity contribution in [3.8, 4) is 0 Å². The second-order valence-electron chi connectivity index (χ2n) is 8.22. The van der Waals surface area contributed by atoms with E-state index < -0.39 is 0 Å². The quantitative estimate of drug-likeness (QED) is 0.568. The SMILES string of the molecule is Cc1cc2cc(C(=O)N3CCN(CCO)CC3)cc(NCc3ccc(F)cc3C)c2[nH]1. The van der Waals surface area contributed by atoms with Gasteiger partial charge in [-0.3, -0.25) is 9.69 Å². The molecule has 0 radical (unpaired) electrons. The standard InChI is InChI=1S/C24H29FN4O2/c1-16-11-21(25)4-3-18(16)15-26-22-14-20(13-19-12-17(2)27-23(19)22)24(31)29-7-5-28(6-8-29)9-10-30/h3-4,11-14,26-27,30H,5-10,15H2,1-2H3. The van der Waals surface area contributed by atoms with E-state index >= 15 is 0 Å². The number of β-amino-alcohol motifs (C(OH)–C–C–N with tert-alkyl or cyclic N) is 1. The van der Waals surface area contributed by atoms with Gasteiger partial charge in [-0.05, 0) is 55.3 Å². The number of fused-ring (bicyclic) bond motifs is 1. The van der Waals surface area contributed by atoms with Gasteiger partial charge in [0, 0.05) is 55.9 Å². The highest BCUT2D eigenvalue weighted by Crippen LogP contribution is 2.28. The van der Waals surface area contributed by atoms with Gasteiger partial charge in [0.15, 0.2) is 0 Å². The first kappa shape index (κ1) is 21.3. The van der Waals surface area contributed by atoms with Crippen LogP contribution in [0.15, 0.2) is 36.4 Å². The Morgan fingerprint density at radius 1 is 1.13 bits per heavy atom. The van der Waals surface area contributed by atoms with Crippen molar-refractivity contribution in [3.05, 3.63) is 64.6 Å². The van der Waals surface area contributed by atoms with Crippen molar-refractivity contribution in [3.63, 3.8) is 0 Å². The Bertz CT molecular complexity index is 1090. The maximum atomic E-state index is 13.4. The Morgan fingerprint density at radius 2 is 1.90 bits per heavy atom. The number of halogens is 1. The summed E-state index contributed by atoms with van der Waals surface area (Å²) in [5.74, 6) is -0.222. The van der Waals surface area contributed by atoms with E-state index in [0.717, 1.165) is 46.5 Å². The van der Waals surface area contributed by atoms with E-state index in [9.17, 15) is 9.18 Å². The molecule has 0 unspecified atom stereocenters. The number of nitrogens with zero attached hydrogens (tertiary/aromatic N) is 2. The minimum absolute atomic E-state index is 0.0189. The lowest BCUT2D eigenvalue weighted by Crippen LogP contribution is -2.49. The van der Waals surface area contributed by atoms with E-state index in [1.54, 1.807) is 6.07 Å². The highest BCUT2D eigenvalue weighted by atomic mass is 19.1. The number of hydrogen-bond acceptors (Lipinski definition) is 4. The van der Waals surface area contributed by atoms with Crippen LogP contribution in [0, 0.1) is 19.7 Å². The number of H-pyrrole nitrogens is 1. The molecule has 6 nitrogen and oxygen atoms in total. The van der Waals surface area contributed by atoms with E-state index in [-0.39, 0.29) is 18.3 Å². The number of nitrogens with one attached hydrogen (secondary N) is 2. The molecule has 1 saturated heterocycles. The normalized spacial score (nSPS) is 14.9. The van der Waals surface area contributed by atoms with Crippen molar-refractivity contribution in [2.45, 2.75) is 20.4 Å². The summed E-state index contributed by atoms with van der Waals surface area (Å²) in [5.41, 5.74) is 5.39. The number of anilines is 1. The monoisotopic (exact) mass is 424 g/mol. The number of aromatic nitrogens is 1. The molecule has 0 bridgehead atoms. The third-order valence-corrected chi connectivity index (χ3v) is 5.96. The van der Waals surface area contributed by atoms with Crippen LogP contribution >= 0.6 is 0 Å². The number of carbonyl (C=O) groups is 1. The molecular weight excluding hydrogens is 395 g/mol. The molecule has 0 atom stereocenters. The predicted molar refractivity (Wildman–Crippen MR) is 121 cm³/mol. The molecule has 2 aromatic carbocycles. The molecule has 1 aliphatic rings. The van der Waals surface area contributed by atoms with Gasteiger partial charge in [-0.25, -0.2) is 4.39 Å². The van der Waals surface area contributed by atoms with Crippen LogP contribution in [0.25, 0.3) is 10.9 Å². The first-order chi connectivity index (χ1) is 14.9. The van der Waals surface area contributed by atoms with E-state index in [0.29, 0.717) is 31.7 Å². The number of benzene rings is 2. The molecule has 1 fully saturated rings. The molecule has 3 N–H and O–H groups in total. The highest BCUT2D eigenvalue weighted by Gasteiger charge is 2.23. The molecule has 1 amide bonds. The number of aliphatic hydroxyl groups excluding tert-OH is 1. The van der Waals surface area contributed by atoms with Crippen LogP contribution < -0.4 is 5.32 Å². The number of carbonyl (C=O) groups excluding carboxylic acids is 1. The lowest BCUT2D eigenvalue weighted by molar-refractivity contribution is 0.0615. The lowest BCUT2D eigenvalue weighted by atomic mass is 10.1. The molecule has 0 aliphatic carbocycles. The Balaban J connectivity index is 1.57. The van der Waals surface area contributed by atoms with Gasteiger partial charge < -0.3 is 20.3 Å².